The first-order valence-corrected chi connectivity index (χ1v) is 9.02. The van der Waals surface area contributed by atoms with Crippen molar-refractivity contribution < 1.29 is 33.3 Å². The highest BCUT2D eigenvalue weighted by Gasteiger charge is 2.20. The van der Waals surface area contributed by atoms with E-state index in [-0.39, 0.29) is 36.9 Å². The molecule has 0 spiro atoms. The molecule has 2 aromatic rings. The van der Waals surface area contributed by atoms with Crippen molar-refractivity contribution in [3.63, 3.8) is 0 Å². The lowest BCUT2D eigenvalue weighted by molar-refractivity contribution is -0.147. The summed E-state index contributed by atoms with van der Waals surface area (Å²) in [6.45, 7) is 3.03. The van der Waals surface area contributed by atoms with Crippen LogP contribution in [-0.2, 0) is 14.3 Å². The van der Waals surface area contributed by atoms with Gasteiger partial charge in [0.2, 0.25) is 6.79 Å². The Hall–Kier alpha value is -3.55. The number of ketones is 1. The number of hydrogen-bond donors (Lipinski definition) is 1. The maximum Gasteiger partial charge on any atom is 0.309 e. The molecule has 1 aliphatic heterocycles. The van der Waals surface area contributed by atoms with Crippen molar-refractivity contribution in [2.75, 3.05) is 25.3 Å². The average molecular weight is 399 g/mol. The summed E-state index contributed by atoms with van der Waals surface area (Å²) in [5.74, 6) is 0.146. The lowest BCUT2D eigenvalue weighted by Crippen LogP contribution is -2.22. The van der Waals surface area contributed by atoms with Crippen LogP contribution in [0.15, 0.2) is 36.4 Å². The van der Waals surface area contributed by atoms with E-state index in [0.717, 1.165) is 5.56 Å². The summed E-state index contributed by atoms with van der Waals surface area (Å²) in [5, 5.41) is 2.56. The third kappa shape index (κ3) is 5.47. The number of fused-ring (bicyclic) bond motifs is 1. The quantitative estimate of drug-likeness (QED) is 0.538. The summed E-state index contributed by atoms with van der Waals surface area (Å²) in [6, 6.07) is 10.5. The van der Waals surface area contributed by atoms with Crippen LogP contribution in [0.3, 0.4) is 0 Å². The molecule has 0 saturated carbocycles. The van der Waals surface area contributed by atoms with E-state index >= 15 is 0 Å². The maximum absolute atomic E-state index is 12.1. The molecule has 29 heavy (non-hydrogen) atoms. The van der Waals surface area contributed by atoms with Crippen LogP contribution in [0, 0.1) is 6.92 Å². The molecule has 1 aliphatic rings. The number of rotatable bonds is 8. The van der Waals surface area contributed by atoms with E-state index in [2.05, 4.69) is 5.32 Å². The number of amides is 1. The summed E-state index contributed by atoms with van der Waals surface area (Å²) in [4.78, 5) is 35.8. The molecule has 0 aliphatic carbocycles. The highest BCUT2D eigenvalue weighted by Crippen LogP contribution is 2.37. The number of benzene rings is 2. The van der Waals surface area contributed by atoms with Gasteiger partial charge in [0.1, 0.15) is 5.75 Å². The van der Waals surface area contributed by atoms with Gasteiger partial charge in [-0.25, -0.2) is 0 Å². The Kier molecular flexibility index (Phi) is 6.33. The van der Waals surface area contributed by atoms with Gasteiger partial charge in [-0.15, -0.1) is 0 Å². The lowest BCUT2D eigenvalue weighted by atomic mass is 10.1. The van der Waals surface area contributed by atoms with Crippen LogP contribution in [-0.4, -0.2) is 37.7 Å². The Morgan fingerprint density at radius 1 is 1.10 bits per heavy atom. The van der Waals surface area contributed by atoms with Gasteiger partial charge in [-0.3, -0.25) is 14.4 Å². The fraction of sp³-hybridized carbons (Fsp3) is 0.286. The van der Waals surface area contributed by atoms with Gasteiger partial charge < -0.3 is 24.3 Å². The SMILES string of the molecule is CC(=O)c1cc2c(cc1NC(=O)COC(=O)CCOc1cccc(C)c1)OCO2. The zero-order chi connectivity index (χ0) is 20.8. The van der Waals surface area contributed by atoms with Crippen LogP contribution in [0.4, 0.5) is 5.69 Å². The molecule has 0 unspecified atom stereocenters. The topological polar surface area (TPSA) is 100 Å². The number of ether oxygens (including phenoxy) is 4. The molecule has 3 rings (SSSR count). The third-order valence-corrected chi connectivity index (χ3v) is 4.09. The number of esters is 1. The summed E-state index contributed by atoms with van der Waals surface area (Å²) in [5.41, 5.74) is 1.60. The molecule has 0 fully saturated rings. The molecule has 0 aromatic heterocycles. The normalized spacial score (nSPS) is 11.7. The standard InChI is InChI=1S/C21H21NO7/c1-13-4-3-5-15(8-13)26-7-6-21(25)27-11-20(24)22-17-10-19-18(28-12-29-19)9-16(17)14(2)23/h3-5,8-10H,6-7,11-12H2,1-2H3,(H,22,24). The number of carbonyl (C=O) groups excluding carboxylic acids is 3. The molecule has 0 radical (unpaired) electrons. The number of carbonyl (C=O) groups is 3. The second-order valence-corrected chi connectivity index (χ2v) is 6.43. The molecule has 1 heterocycles. The zero-order valence-electron chi connectivity index (χ0n) is 16.2. The second-order valence-electron chi connectivity index (χ2n) is 6.43. The highest BCUT2D eigenvalue weighted by molar-refractivity contribution is 6.05. The first kappa shape index (κ1) is 20.2. The smallest absolute Gasteiger partial charge is 0.309 e. The van der Waals surface area contributed by atoms with Crippen LogP contribution >= 0.6 is 0 Å². The highest BCUT2D eigenvalue weighted by atomic mass is 16.7. The minimum absolute atomic E-state index is 0.00391. The van der Waals surface area contributed by atoms with Gasteiger partial charge in [0.25, 0.3) is 5.91 Å². The minimum atomic E-state index is -0.570. The molecule has 8 nitrogen and oxygen atoms in total. The summed E-state index contributed by atoms with van der Waals surface area (Å²) in [6.07, 6.45) is 0.00391. The Morgan fingerprint density at radius 3 is 2.59 bits per heavy atom. The zero-order valence-corrected chi connectivity index (χ0v) is 16.2. The second kappa shape index (κ2) is 9.09. The van der Waals surface area contributed by atoms with E-state index in [1.165, 1.54) is 19.1 Å². The van der Waals surface area contributed by atoms with Crippen LogP contribution in [0.1, 0.15) is 29.3 Å². The number of Topliss-reactive ketones (excluding diaryl/α,β-unsaturated/α-hetero) is 1. The first-order valence-electron chi connectivity index (χ1n) is 9.02. The van der Waals surface area contributed by atoms with Crippen molar-refractivity contribution in [3.05, 3.63) is 47.5 Å². The Bertz CT molecular complexity index is 939. The van der Waals surface area contributed by atoms with Crippen LogP contribution in [0.25, 0.3) is 0 Å². The molecular weight excluding hydrogens is 378 g/mol. The van der Waals surface area contributed by atoms with E-state index in [1.54, 1.807) is 6.07 Å². The fourth-order valence-electron chi connectivity index (χ4n) is 2.70. The number of anilines is 1. The number of hydrogen-bond acceptors (Lipinski definition) is 7. The number of aryl methyl sites for hydroxylation is 1. The monoisotopic (exact) mass is 399 g/mol. The van der Waals surface area contributed by atoms with E-state index in [4.69, 9.17) is 18.9 Å². The van der Waals surface area contributed by atoms with Gasteiger partial charge in [0.15, 0.2) is 23.9 Å². The van der Waals surface area contributed by atoms with E-state index in [9.17, 15) is 14.4 Å². The van der Waals surface area contributed by atoms with Crippen molar-refractivity contribution in [1.29, 1.82) is 0 Å². The van der Waals surface area contributed by atoms with Crippen LogP contribution in [0.2, 0.25) is 0 Å². The van der Waals surface area contributed by atoms with Crippen molar-refractivity contribution in [2.45, 2.75) is 20.3 Å². The summed E-state index contributed by atoms with van der Waals surface area (Å²) >= 11 is 0. The van der Waals surface area contributed by atoms with Crippen molar-refractivity contribution >= 4 is 23.3 Å². The van der Waals surface area contributed by atoms with Gasteiger partial charge in [-0.1, -0.05) is 12.1 Å². The molecule has 152 valence electrons. The Labute approximate surface area is 167 Å². The first-order chi connectivity index (χ1) is 13.9. The van der Waals surface area contributed by atoms with Crippen LogP contribution < -0.4 is 19.5 Å². The minimum Gasteiger partial charge on any atom is -0.493 e. The molecule has 8 heteroatoms. The molecule has 2 aromatic carbocycles. The van der Waals surface area contributed by atoms with Gasteiger partial charge in [0, 0.05) is 11.6 Å². The average Bonchev–Trinajstić information content (AvgIpc) is 3.13. The Balaban J connectivity index is 1.47. The molecule has 0 saturated heterocycles. The maximum atomic E-state index is 12.1. The molecule has 1 N–H and O–H groups in total. The molecule has 0 atom stereocenters. The lowest BCUT2D eigenvalue weighted by Gasteiger charge is -2.11. The van der Waals surface area contributed by atoms with Gasteiger partial charge in [0.05, 0.1) is 18.7 Å². The van der Waals surface area contributed by atoms with E-state index in [0.29, 0.717) is 17.2 Å². The van der Waals surface area contributed by atoms with Crippen molar-refractivity contribution in [1.82, 2.24) is 0 Å². The predicted octanol–water partition coefficient (Wildman–Crippen LogP) is 2.88. The van der Waals surface area contributed by atoms with Crippen LogP contribution in [0.5, 0.6) is 17.2 Å². The molecule has 0 bridgehead atoms. The summed E-state index contributed by atoms with van der Waals surface area (Å²) < 4.78 is 20.9. The fourth-order valence-corrected chi connectivity index (χ4v) is 2.70. The molecular formula is C21H21NO7. The predicted molar refractivity (Wildman–Crippen MR) is 103 cm³/mol. The van der Waals surface area contributed by atoms with Gasteiger partial charge >= 0.3 is 5.97 Å². The van der Waals surface area contributed by atoms with Crippen molar-refractivity contribution in [3.8, 4) is 17.2 Å². The number of nitrogens with one attached hydrogen (secondary N) is 1. The van der Waals surface area contributed by atoms with Crippen molar-refractivity contribution in [2.24, 2.45) is 0 Å². The van der Waals surface area contributed by atoms with E-state index < -0.39 is 18.5 Å². The van der Waals surface area contributed by atoms with Gasteiger partial charge in [-0.05, 0) is 37.6 Å². The van der Waals surface area contributed by atoms with E-state index in [1.807, 2.05) is 25.1 Å². The largest absolute Gasteiger partial charge is 0.493 e. The molecule has 1 amide bonds. The van der Waals surface area contributed by atoms with Gasteiger partial charge in [-0.2, -0.15) is 0 Å². The summed E-state index contributed by atoms with van der Waals surface area (Å²) in [7, 11) is 0. The third-order valence-electron chi connectivity index (χ3n) is 4.09. The Morgan fingerprint density at radius 2 is 1.86 bits per heavy atom.